The monoisotopic (exact) mass is 320 g/mol. The number of aliphatic hydroxyl groups excluding tert-OH is 1. The van der Waals surface area contributed by atoms with E-state index in [2.05, 4.69) is 5.32 Å². The lowest BCUT2D eigenvalue weighted by Gasteiger charge is -2.13. The maximum atomic E-state index is 10.8. The van der Waals surface area contributed by atoms with Gasteiger partial charge in [0.2, 0.25) is 0 Å². The number of aryl methyl sites for hydroxylation is 1. The number of non-ortho nitro benzene ring substituents is 1. The standard InChI is InChI=1S/C16H17ClN2O3/c1-11-2-4-12(5-3-11)16(20)10-18-9-13-8-14(19(21)22)6-7-15(13)17/h2-8,16,18,20H,9-10H2,1H3. The molecule has 0 aliphatic carbocycles. The molecule has 0 radical (unpaired) electrons. The summed E-state index contributed by atoms with van der Waals surface area (Å²) in [4.78, 5) is 10.3. The summed E-state index contributed by atoms with van der Waals surface area (Å²) in [5.74, 6) is 0. The van der Waals surface area contributed by atoms with Gasteiger partial charge in [0.1, 0.15) is 0 Å². The van der Waals surface area contributed by atoms with Crippen molar-refractivity contribution in [3.63, 3.8) is 0 Å². The fourth-order valence-electron chi connectivity index (χ4n) is 2.06. The summed E-state index contributed by atoms with van der Waals surface area (Å²) >= 11 is 6.03. The first-order chi connectivity index (χ1) is 10.5. The molecule has 1 atom stereocenters. The summed E-state index contributed by atoms with van der Waals surface area (Å²) in [6, 6.07) is 11.9. The Bertz CT molecular complexity index is 659. The first-order valence-electron chi connectivity index (χ1n) is 6.85. The third-order valence-corrected chi connectivity index (χ3v) is 3.72. The summed E-state index contributed by atoms with van der Waals surface area (Å²) in [5.41, 5.74) is 2.59. The average Bonchev–Trinajstić information content (AvgIpc) is 2.49. The number of aliphatic hydroxyl groups is 1. The highest BCUT2D eigenvalue weighted by Crippen LogP contribution is 2.22. The van der Waals surface area contributed by atoms with Crippen LogP contribution in [0.5, 0.6) is 0 Å². The molecule has 0 heterocycles. The van der Waals surface area contributed by atoms with Crippen molar-refractivity contribution in [1.82, 2.24) is 5.32 Å². The zero-order valence-electron chi connectivity index (χ0n) is 12.1. The number of rotatable bonds is 6. The van der Waals surface area contributed by atoms with Gasteiger partial charge < -0.3 is 10.4 Å². The number of nitrogens with zero attached hydrogens (tertiary/aromatic N) is 1. The van der Waals surface area contributed by atoms with Crippen LogP contribution in [0.4, 0.5) is 5.69 Å². The third-order valence-electron chi connectivity index (χ3n) is 3.36. The van der Waals surface area contributed by atoms with Crippen molar-refractivity contribution in [3.05, 3.63) is 74.3 Å². The summed E-state index contributed by atoms with van der Waals surface area (Å²) in [6.07, 6.45) is -0.641. The molecule has 0 aromatic heterocycles. The van der Waals surface area contributed by atoms with E-state index >= 15 is 0 Å². The fourth-order valence-corrected chi connectivity index (χ4v) is 2.24. The number of nitrogens with one attached hydrogen (secondary N) is 1. The first-order valence-corrected chi connectivity index (χ1v) is 7.23. The van der Waals surface area contributed by atoms with Gasteiger partial charge in [-0.3, -0.25) is 10.1 Å². The van der Waals surface area contributed by atoms with Crippen LogP contribution in [-0.4, -0.2) is 16.6 Å². The minimum absolute atomic E-state index is 0.000262. The molecule has 22 heavy (non-hydrogen) atoms. The van der Waals surface area contributed by atoms with Crippen LogP contribution in [0.1, 0.15) is 22.8 Å². The quantitative estimate of drug-likeness (QED) is 0.632. The number of hydrogen-bond acceptors (Lipinski definition) is 4. The van der Waals surface area contributed by atoms with E-state index in [0.29, 0.717) is 23.7 Å². The van der Waals surface area contributed by atoms with Gasteiger partial charge in [-0.05, 0) is 24.1 Å². The molecule has 0 amide bonds. The molecule has 0 aliphatic rings. The lowest BCUT2D eigenvalue weighted by Crippen LogP contribution is -2.21. The van der Waals surface area contributed by atoms with Crippen molar-refractivity contribution in [2.45, 2.75) is 19.6 Å². The van der Waals surface area contributed by atoms with Gasteiger partial charge in [-0.15, -0.1) is 0 Å². The van der Waals surface area contributed by atoms with Crippen LogP contribution >= 0.6 is 11.6 Å². The van der Waals surface area contributed by atoms with Crippen LogP contribution in [0.25, 0.3) is 0 Å². The fraction of sp³-hybridized carbons (Fsp3) is 0.250. The largest absolute Gasteiger partial charge is 0.387 e. The number of halogens is 1. The molecular formula is C16H17ClN2O3. The molecule has 1 unspecified atom stereocenters. The van der Waals surface area contributed by atoms with Crippen LogP contribution in [-0.2, 0) is 6.54 Å². The van der Waals surface area contributed by atoms with Crippen LogP contribution in [0.2, 0.25) is 5.02 Å². The van der Waals surface area contributed by atoms with Crippen molar-refractivity contribution < 1.29 is 10.0 Å². The van der Waals surface area contributed by atoms with Crippen molar-refractivity contribution in [3.8, 4) is 0 Å². The minimum atomic E-state index is -0.641. The highest BCUT2D eigenvalue weighted by atomic mass is 35.5. The number of hydrogen-bond donors (Lipinski definition) is 2. The zero-order valence-corrected chi connectivity index (χ0v) is 12.9. The molecule has 0 spiro atoms. The highest BCUT2D eigenvalue weighted by Gasteiger charge is 2.11. The second kappa shape index (κ2) is 7.35. The lowest BCUT2D eigenvalue weighted by atomic mass is 10.1. The smallest absolute Gasteiger partial charge is 0.269 e. The van der Waals surface area contributed by atoms with Crippen molar-refractivity contribution in [2.75, 3.05) is 6.54 Å². The summed E-state index contributed by atoms with van der Waals surface area (Å²) in [6.45, 7) is 2.67. The van der Waals surface area contributed by atoms with E-state index in [1.54, 1.807) is 0 Å². The SMILES string of the molecule is Cc1ccc(C(O)CNCc2cc([N+](=O)[O-])ccc2Cl)cc1. The van der Waals surface area contributed by atoms with E-state index in [-0.39, 0.29) is 5.69 Å². The Morgan fingerprint density at radius 1 is 1.27 bits per heavy atom. The van der Waals surface area contributed by atoms with Gasteiger partial charge in [0.05, 0.1) is 11.0 Å². The topological polar surface area (TPSA) is 75.4 Å². The van der Waals surface area contributed by atoms with Gasteiger partial charge in [-0.25, -0.2) is 0 Å². The first kappa shape index (κ1) is 16.4. The molecule has 5 nitrogen and oxygen atoms in total. The lowest BCUT2D eigenvalue weighted by molar-refractivity contribution is -0.384. The third kappa shape index (κ3) is 4.27. The predicted octanol–water partition coefficient (Wildman–Crippen LogP) is 3.38. The Morgan fingerprint density at radius 3 is 2.59 bits per heavy atom. The predicted molar refractivity (Wildman–Crippen MR) is 86.0 cm³/mol. The van der Waals surface area contributed by atoms with Crippen molar-refractivity contribution in [2.24, 2.45) is 0 Å². The number of benzene rings is 2. The Hall–Kier alpha value is -1.95. The van der Waals surface area contributed by atoms with Crippen LogP contribution in [0.15, 0.2) is 42.5 Å². The molecule has 0 fully saturated rings. The molecule has 0 saturated carbocycles. The molecule has 6 heteroatoms. The van der Waals surface area contributed by atoms with E-state index < -0.39 is 11.0 Å². The van der Waals surface area contributed by atoms with E-state index in [4.69, 9.17) is 11.6 Å². The molecule has 2 aromatic carbocycles. The van der Waals surface area contributed by atoms with E-state index in [0.717, 1.165) is 11.1 Å². The number of nitro benzene ring substituents is 1. The van der Waals surface area contributed by atoms with Gasteiger partial charge in [0.25, 0.3) is 5.69 Å². The highest BCUT2D eigenvalue weighted by molar-refractivity contribution is 6.31. The molecule has 2 rings (SSSR count). The molecular weight excluding hydrogens is 304 g/mol. The molecule has 0 aliphatic heterocycles. The molecule has 2 aromatic rings. The molecule has 0 saturated heterocycles. The molecule has 0 bridgehead atoms. The Labute approximate surface area is 133 Å². The Morgan fingerprint density at radius 2 is 1.95 bits per heavy atom. The molecule has 2 N–H and O–H groups in total. The number of nitro groups is 1. The second-order valence-electron chi connectivity index (χ2n) is 5.09. The van der Waals surface area contributed by atoms with Gasteiger partial charge >= 0.3 is 0 Å². The minimum Gasteiger partial charge on any atom is -0.387 e. The van der Waals surface area contributed by atoms with E-state index in [1.807, 2.05) is 31.2 Å². The normalized spacial score (nSPS) is 12.1. The van der Waals surface area contributed by atoms with Gasteiger partial charge in [-0.1, -0.05) is 41.4 Å². The summed E-state index contributed by atoms with van der Waals surface area (Å²) < 4.78 is 0. The maximum absolute atomic E-state index is 10.8. The average molecular weight is 321 g/mol. The Balaban J connectivity index is 1.94. The van der Waals surface area contributed by atoms with E-state index in [1.165, 1.54) is 18.2 Å². The van der Waals surface area contributed by atoms with Crippen LogP contribution in [0, 0.1) is 17.0 Å². The zero-order chi connectivity index (χ0) is 16.1. The van der Waals surface area contributed by atoms with Crippen molar-refractivity contribution >= 4 is 17.3 Å². The van der Waals surface area contributed by atoms with Gasteiger partial charge in [0, 0.05) is 30.2 Å². The second-order valence-corrected chi connectivity index (χ2v) is 5.50. The Kier molecular flexibility index (Phi) is 5.49. The van der Waals surface area contributed by atoms with Gasteiger partial charge in [-0.2, -0.15) is 0 Å². The maximum Gasteiger partial charge on any atom is 0.269 e. The molecule has 116 valence electrons. The van der Waals surface area contributed by atoms with E-state index in [9.17, 15) is 15.2 Å². The van der Waals surface area contributed by atoms with Crippen LogP contribution < -0.4 is 5.32 Å². The summed E-state index contributed by atoms with van der Waals surface area (Å²) in [5, 5.41) is 24.4. The summed E-state index contributed by atoms with van der Waals surface area (Å²) in [7, 11) is 0. The van der Waals surface area contributed by atoms with Crippen molar-refractivity contribution in [1.29, 1.82) is 0 Å². The van der Waals surface area contributed by atoms with Gasteiger partial charge in [0.15, 0.2) is 0 Å². The van der Waals surface area contributed by atoms with Crippen LogP contribution in [0.3, 0.4) is 0 Å².